The van der Waals surface area contributed by atoms with Crippen molar-refractivity contribution in [2.24, 2.45) is 5.73 Å². The highest BCUT2D eigenvalue weighted by Gasteiger charge is 2.05. The molecule has 0 radical (unpaired) electrons. The topological polar surface area (TPSA) is 60.9 Å². The van der Waals surface area contributed by atoms with Crippen molar-refractivity contribution in [1.82, 2.24) is 9.78 Å². The zero-order valence-corrected chi connectivity index (χ0v) is 10.2. The van der Waals surface area contributed by atoms with Crippen molar-refractivity contribution in [1.29, 1.82) is 0 Å². The van der Waals surface area contributed by atoms with E-state index in [2.05, 4.69) is 5.10 Å². The number of primary amides is 1. The molecule has 2 rings (SSSR count). The van der Waals surface area contributed by atoms with E-state index < -0.39 is 11.7 Å². The average Bonchev–Trinajstić information content (AvgIpc) is 2.70. The van der Waals surface area contributed by atoms with E-state index in [1.165, 1.54) is 16.8 Å². The van der Waals surface area contributed by atoms with Crippen LogP contribution in [0.2, 0.25) is 5.02 Å². The number of aromatic nitrogens is 2. The van der Waals surface area contributed by atoms with Crippen LogP contribution >= 0.6 is 11.6 Å². The molecule has 94 valence electrons. The Hall–Kier alpha value is -1.88. The summed E-state index contributed by atoms with van der Waals surface area (Å²) in [6.45, 7) is 0.0367. The minimum atomic E-state index is -0.456. The second-order valence-electron chi connectivity index (χ2n) is 3.90. The van der Waals surface area contributed by atoms with Crippen molar-refractivity contribution in [3.63, 3.8) is 0 Å². The number of carbonyl (C=O) groups excluding carboxylic acids is 1. The van der Waals surface area contributed by atoms with Gasteiger partial charge in [0, 0.05) is 12.6 Å². The fourth-order valence-corrected chi connectivity index (χ4v) is 1.72. The van der Waals surface area contributed by atoms with E-state index in [0.717, 1.165) is 11.3 Å². The monoisotopic (exact) mass is 267 g/mol. The van der Waals surface area contributed by atoms with Gasteiger partial charge < -0.3 is 5.73 Å². The lowest BCUT2D eigenvalue weighted by molar-refractivity contribution is -0.118. The molecule has 0 aliphatic heterocycles. The Morgan fingerprint density at radius 3 is 2.89 bits per heavy atom. The van der Waals surface area contributed by atoms with E-state index in [-0.39, 0.29) is 11.6 Å². The molecule has 0 fully saturated rings. The summed E-state index contributed by atoms with van der Waals surface area (Å²) in [4.78, 5) is 10.7. The van der Waals surface area contributed by atoms with Crippen molar-refractivity contribution in [2.45, 2.75) is 13.0 Å². The minimum Gasteiger partial charge on any atom is -0.368 e. The van der Waals surface area contributed by atoms with Crippen molar-refractivity contribution >= 4 is 17.5 Å². The molecule has 0 aliphatic rings. The molecule has 0 atom stereocenters. The highest BCUT2D eigenvalue weighted by molar-refractivity contribution is 6.30. The van der Waals surface area contributed by atoms with Crippen LogP contribution in [0.3, 0.4) is 0 Å². The van der Waals surface area contributed by atoms with Gasteiger partial charge in [0.15, 0.2) is 0 Å². The number of hydrogen-bond acceptors (Lipinski definition) is 2. The van der Waals surface area contributed by atoms with Crippen LogP contribution in [0, 0.1) is 5.82 Å². The fraction of sp³-hybridized carbons (Fsp3) is 0.167. The van der Waals surface area contributed by atoms with Gasteiger partial charge in [-0.15, -0.1) is 0 Å². The lowest BCUT2D eigenvalue weighted by atomic mass is 10.1. The lowest BCUT2D eigenvalue weighted by Gasteiger charge is -2.00. The smallest absolute Gasteiger partial charge is 0.239 e. The predicted octanol–water partition coefficient (Wildman–Crippen LogP) is 1.75. The highest BCUT2D eigenvalue weighted by Crippen LogP contribution is 2.17. The fourth-order valence-electron chi connectivity index (χ4n) is 1.60. The molecular weight excluding hydrogens is 257 g/mol. The number of halogens is 2. The van der Waals surface area contributed by atoms with Gasteiger partial charge in [-0.2, -0.15) is 5.10 Å². The first-order valence-electron chi connectivity index (χ1n) is 5.29. The van der Waals surface area contributed by atoms with Crippen LogP contribution in [0.5, 0.6) is 0 Å². The van der Waals surface area contributed by atoms with Gasteiger partial charge in [-0.1, -0.05) is 17.7 Å². The predicted molar refractivity (Wildman–Crippen MR) is 65.6 cm³/mol. The van der Waals surface area contributed by atoms with Crippen LogP contribution in [0.25, 0.3) is 0 Å². The summed E-state index contributed by atoms with van der Waals surface area (Å²) in [7, 11) is 0. The van der Waals surface area contributed by atoms with Gasteiger partial charge in [0.1, 0.15) is 12.4 Å². The summed E-state index contributed by atoms with van der Waals surface area (Å²) >= 11 is 5.60. The Morgan fingerprint density at radius 1 is 1.44 bits per heavy atom. The standard InChI is InChI=1S/C12H11ClFN3O/c13-10-2-1-8(6-11(10)14)5-9-3-4-17(16-9)7-12(15)18/h1-4,6H,5,7H2,(H2,15,18). The Balaban J connectivity index is 2.11. The first kappa shape index (κ1) is 12.6. The maximum atomic E-state index is 13.2. The second kappa shape index (κ2) is 5.18. The van der Waals surface area contributed by atoms with Gasteiger partial charge in [0.2, 0.25) is 5.91 Å². The zero-order valence-electron chi connectivity index (χ0n) is 9.44. The van der Waals surface area contributed by atoms with Crippen LogP contribution in [0.15, 0.2) is 30.5 Å². The number of nitrogens with zero attached hydrogens (tertiary/aromatic N) is 2. The van der Waals surface area contributed by atoms with E-state index in [1.54, 1.807) is 18.3 Å². The molecular formula is C12H11ClFN3O. The third-order valence-electron chi connectivity index (χ3n) is 2.38. The molecule has 2 aromatic rings. The highest BCUT2D eigenvalue weighted by atomic mass is 35.5. The van der Waals surface area contributed by atoms with Gasteiger partial charge in [-0.25, -0.2) is 4.39 Å². The van der Waals surface area contributed by atoms with Gasteiger partial charge in [-0.05, 0) is 23.8 Å². The second-order valence-corrected chi connectivity index (χ2v) is 4.30. The van der Waals surface area contributed by atoms with Crippen molar-refractivity contribution in [3.8, 4) is 0 Å². The molecule has 0 spiro atoms. The van der Waals surface area contributed by atoms with Crippen LogP contribution in [0.1, 0.15) is 11.3 Å². The van der Waals surface area contributed by atoms with E-state index in [0.29, 0.717) is 6.42 Å². The molecule has 0 saturated carbocycles. The number of amides is 1. The summed E-state index contributed by atoms with van der Waals surface area (Å²) < 4.78 is 14.7. The molecule has 1 amide bonds. The molecule has 6 heteroatoms. The Kier molecular flexibility index (Phi) is 3.62. The van der Waals surface area contributed by atoms with E-state index in [1.807, 2.05) is 0 Å². The van der Waals surface area contributed by atoms with Crippen LogP contribution in [-0.2, 0) is 17.8 Å². The minimum absolute atomic E-state index is 0.0367. The summed E-state index contributed by atoms with van der Waals surface area (Å²) in [5.74, 6) is -0.909. The Bertz CT molecular complexity index is 582. The van der Waals surface area contributed by atoms with Crippen LogP contribution in [-0.4, -0.2) is 15.7 Å². The maximum absolute atomic E-state index is 13.2. The third kappa shape index (κ3) is 3.07. The SMILES string of the molecule is NC(=O)Cn1ccc(Cc2ccc(Cl)c(F)c2)n1. The molecule has 1 aromatic heterocycles. The van der Waals surface area contributed by atoms with Crippen LogP contribution < -0.4 is 5.73 Å². The number of nitrogens with two attached hydrogens (primary N) is 1. The van der Waals surface area contributed by atoms with Crippen LogP contribution in [0.4, 0.5) is 4.39 Å². The average molecular weight is 268 g/mol. The Morgan fingerprint density at radius 2 is 2.22 bits per heavy atom. The summed E-state index contributed by atoms with van der Waals surface area (Å²) in [5, 5.41) is 4.25. The third-order valence-corrected chi connectivity index (χ3v) is 2.69. The normalized spacial score (nSPS) is 10.6. The van der Waals surface area contributed by atoms with Gasteiger partial charge in [0.25, 0.3) is 0 Å². The number of carbonyl (C=O) groups is 1. The molecule has 1 aromatic carbocycles. The molecule has 1 heterocycles. The molecule has 18 heavy (non-hydrogen) atoms. The number of rotatable bonds is 4. The number of benzene rings is 1. The first-order chi connectivity index (χ1) is 8.54. The Labute approximate surface area is 108 Å². The molecule has 2 N–H and O–H groups in total. The zero-order chi connectivity index (χ0) is 13.1. The molecule has 0 unspecified atom stereocenters. The molecule has 4 nitrogen and oxygen atoms in total. The molecule has 0 aliphatic carbocycles. The summed E-state index contributed by atoms with van der Waals surface area (Å²) in [6.07, 6.45) is 2.13. The van der Waals surface area contributed by atoms with E-state index in [9.17, 15) is 9.18 Å². The molecule has 0 saturated heterocycles. The largest absolute Gasteiger partial charge is 0.368 e. The quantitative estimate of drug-likeness (QED) is 0.917. The summed E-state index contributed by atoms with van der Waals surface area (Å²) in [5.41, 5.74) is 6.56. The van der Waals surface area contributed by atoms with Gasteiger partial charge in [-0.3, -0.25) is 9.48 Å². The van der Waals surface area contributed by atoms with Gasteiger partial charge in [0.05, 0.1) is 10.7 Å². The van der Waals surface area contributed by atoms with E-state index in [4.69, 9.17) is 17.3 Å². The van der Waals surface area contributed by atoms with Crippen molar-refractivity contribution in [3.05, 3.63) is 52.6 Å². The lowest BCUT2D eigenvalue weighted by Crippen LogP contribution is -2.19. The molecule has 0 bridgehead atoms. The maximum Gasteiger partial charge on any atom is 0.239 e. The number of hydrogen-bond donors (Lipinski definition) is 1. The van der Waals surface area contributed by atoms with Crippen molar-refractivity contribution in [2.75, 3.05) is 0 Å². The summed E-state index contributed by atoms with van der Waals surface area (Å²) in [6, 6.07) is 6.37. The van der Waals surface area contributed by atoms with Gasteiger partial charge >= 0.3 is 0 Å². The first-order valence-corrected chi connectivity index (χ1v) is 5.67. The van der Waals surface area contributed by atoms with Crippen molar-refractivity contribution < 1.29 is 9.18 Å². The van der Waals surface area contributed by atoms with E-state index >= 15 is 0 Å².